The van der Waals surface area contributed by atoms with Crippen LogP contribution in [0.25, 0.3) is 0 Å². The van der Waals surface area contributed by atoms with Gasteiger partial charge in [0, 0.05) is 10.9 Å². The van der Waals surface area contributed by atoms with Crippen LogP contribution in [0.3, 0.4) is 0 Å². The minimum absolute atomic E-state index is 0.0948. The third-order valence-corrected chi connectivity index (χ3v) is 3.20. The first kappa shape index (κ1) is 13.0. The molecule has 1 aliphatic heterocycles. The van der Waals surface area contributed by atoms with Gasteiger partial charge >= 0.3 is 5.97 Å². The average molecular weight is 314 g/mol. The second-order valence-electron chi connectivity index (χ2n) is 4.07. The molecule has 5 nitrogen and oxygen atoms in total. The molecule has 1 fully saturated rings. The van der Waals surface area contributed by atoms with E-state index in [9.17, 15) is 9.59 Å². The zero-order chi connectivity index (χ0) is 13.1. The second-order valence-corrected chi connectivity index (χ2v) is 4.98. The number of rotatable bonds is 3. The summed E-state index contributed by atoms with van der Waals surface area (Å²) < 4.78 is 6.22. The molecule has 0 saturated carbocycles. The maximum atomic E-state index is 11.1. The fourth-order valence-electron chi connectivity index (χ4n) is 1.88. The van der Waals surface area contributed by atoms with E-state index in [1.807, 2.05) is 24.3 Å². The zero-order valence-electron chi connectivity index (χ0n) is 9.43. The summed E-state index contributed by atoms with van der Waals surface area (Å²) in [6.45, 7) is -0.0948. The summed E-state index contributed by atoms with van der Waals surface area (Å²) in [7, 11) is 0. The van der Waals surface area contributed by atoms with Crippen molar-refractivity contribution in [2.24, 2.45) is 0 Å². The lowest BCUT2D eigenvalue weighted by molar-refractivity contribution is -0.154. The van der Waals surface area contributed by atoms with Crippen molar-refractivity contribution in [3.8, 4) is 0 Å². The highest BCUT2D eigenvalue weighted by Crippen LogP contribution is 2.17. The first-order valence-electron chi connectivity index (χ1n) is 5.44. The first-order valence-corrected chi connectivity index (χ1v) is 6.24. The molecule has 2 atom stereocenters. The fourth-order valence-corrected chi connectivity index (χ4v) is 2.33. The number of aliphatic carboxylic acids is 1. The van der Waals surface area contributed by atoms with Crippen LogP contribution in [0.2, 0.25) is 0 Å². The van der Waals surface area contributed by atoms with E-state index in [4.69, 9.17) is 9.84 Å². The van der Waals surface area contributed by atoms with Gasteiger partial charge in [-0.25, -0.2) is 4.79 Å². The molecule has 0 aliphatic carbocycles. The van der Waals surface area contributed by atoms with Gasteiger partial charge in [-0.3, -0.25) is 4.79 Å². The van der Waals surface area contributed by atoms with Crippen molar-refractivity contribution < 1.29 is 19.4 Å². The van der Waals surface area contributed by atoms with Crippen LogP contribution >= 0.6 is 15.9 Å². The van der Waals surface area contributed by atoms with Gasteiger partial charge in [-0.15, -0.1) is 0 Å². The summed E-state index contributed by atoms with van der Waals surface area (Å²) >= 11 is 3.35. The predicted molar refractivity (Wildman–Crippen MR) is 67.2 cm³/mol. The SMILES string of the molecule is O=C1COC(Cc2cccc(Br)c2)C(C(=O)O)N1. The quantitative estimate of drug-likeness (QED) is 0.871. The minimum Gasteiger partial charge on any atom is -0.480 e. The summed E-state index contributed by atoms with van der Waals surface area (Å²) in [4.78, 5) is 22.2. The summed E-state index contributed by atoms with van der Waals surface area (Å²) in [6, 6.07) is 6.56. The van der Waals surface area contributed by atoms with Gasteiger partial charge in [0.2, 0.25) is 5.91 Å². The molecule has 2 N–H and O–H groups in total. The number of carboxylic acid groups (broad SMARTS) is 1. The van der Waals surface area contributed by atoms with Gasteiger partial charge in [0.1, 0.15) is 6.61 Å². The van der Waals surface area contributed by atoms with Gasteiger partial charge in [0.25, 0.3) is 0 Å². The third-order valence-electron chi connectivity index (χ3n) is 2.71. The van der Waals surface area contributed by atoms with Crippen LogP contribution in [0.5, 0.6) is 0 Å². The maximum Gasteiger partial charge on any atom is 0.328 e. The van der Waals surface area contributed by atoms with Crippen molar-refractivity contribution in [3.05, 3.63) is 34.3 Å². The Labute approximate surface area is 112 Å². The summed E-state index contributed by atoms with van der Waals surface area (Å²) in [5, 5.41) is 11.5. The number of ether oxygens (including phenoxy) is 1. The van der Waals surface area contributed by atoms with Gasteiger partial charge in [0.15, 0.2) is 6.04 Å². The van der Waals surface area contributed by atoms with E-state index in [-0.39, 0.29) is 6.61 Å². The molecule has 0 aromatic heterocycles. The van der Waals surface area contributed by atoms with Gasteiger partial charge in [-0.1, -0.05) is 28.1 Å². The lowest BCUT2D eigenvalue weighted by atomic mass is 10.0. The molecule has 1 saturated heterocycles. The number of carbonyl (C=O) groups excluding carboxylic acids is 1. The highest BCUT2D eigenvalue weighted by Gasteiger charge is 2.34. The Morgan fingerprint density at radius 2 is 2.33 bits per heavy atom. The molecular weight excluding hydrogens is 302 g/mol. The Kier molecular flexibility index (Phi) is 3.98. The van der Waals surface area contributed by atoms with Crippen molar-refractivity contribution in [2.75, 3.05) is 6.61 Å². The maximum absolute atomic E-state index is 11.1. The molecule has 18 heavy (non-hydrogen) atoms. The van der Waals surface area contributed by atoms with E-state index in [2.05, 4.69) is 21.2 Å². The van der Waals surface area contributed by atoms with E-state index >= 15 is 0 Å². The van der Waals surface area contributed by atoms with Crippen molar-refractivity contribution in [1.82, 2.24) is 5.32 Å². The van der Waals surface area contributed by atoms with Crippen molar-refractivity contribution in [1.29, 1.82) is 0 Å². The van der Waals surface area contributed by atoms with E-state index in [0.29, 0.717) is 6.42 Å². The standard InChI is InChI=1S/C12H12BrNO4/c13-8-3-1-2-7(4-8)5-9-11(12(16)17)14-10(15)6-18-9/h1-4,9,11H,5-6H2,(H,14,15)(H,16,17). The summed E-state index contributed by atoms with van der Waals surface area (Å²) in [5.41, 5.74) is 0.955. The van der Waals surface area contributed by atoms with E-state index in [0.717, 1.165) is 10.0 Å². The lowest BCUT2D eigenvalue weighted by Crippen LogP contribution is -2.56. The summed E-state index contributed by atoms with van der Waals surface area (Å²) in [5.74, 6) is -1.48. The Morgan fingerprint density at radius 3 is 3.00 bits per heavy atom. The van der Waals surface area contributed by atoms with Gasteiger partial charge in [-0.05, 0) is 17.7 Å². The highest BCUT2D eigenvalue weighted by atomic mass is 79.9. The average Bonchev–Trinajstić information content (AvgIpc) is 2.31. The number of halogens is 1. The number of nitrogens with one attached hydrogen (secondary N) is 1. The largest absolute Gasteiger partial charge is 0.480 e. The number of amides is 1. The van der Waals surface area contributed by atoms with Crippen LogP contribution < -0.4 is 5.32 Å². The molecular formula is C12H12BrNO4. The Hall–Kier alpha value is -1.40. The highest BCUT2D eigenvalue weighted by molar-refractivity contribution is 9.10. The molecule has 2 rings (SSSR count). The second kappa shape index (κ2) is 5.49. The van der Waals surface area contributed by atoms with Crippen LogP contribution in [0.4, 0.5) is 0 Å². The van der Waals surface area contributed by atoms with Crippen LogP contribution in [0, 0.1) is 0 Å². The molecule has 1 aliphatic rings. The Bertz CT molecular complexity index is 477. The lowest BCUT2D eigenvalue weighted by Gasteiger charge is -2.29. The number of benzene rings is 1. The zero-order valence-corrected chi connectivity index (χ0v) is 11.0. The molecule has 1 aromatic rings. The van der Waals surface area contributed by atoms with Crippen LogP contribution in [0.1, 0.15) is 5.56 Å². The van der Waals surface area contributed by atoms with Crippen LogP contribution in [0.15, 0.2) is 28.7 Å². The monoisotopic (exact) mass is 313 g/mol. The normalized spacial score (nSPS) is 23.5. The van der Waals surface area contributed by atoms with Crippen LogP contribution in [-0.4, -0.2) is 35.7 Å². The topological polar surface area (TPSA) is 75.6 Å². The first-order chi connectivity index (χ1) is 8.56. The van der Waals surface area contributed by atoms with Gasteiger partial charge in [-0.2, -0.15) is 0 Å². The molecule has 0 bridgehead atoms. The predicted octanol–water partition coefficient (Wildman–Crippen LogP) is 0.960. The number of carbonyl (C=O) groups is 2. The van der Waals surface area contributed by atoms with Crippen molar-refractivity contribution in [2.45, 2.75) is 18.6 Å². The summed E-state index contributed by atoms with van der Waals surface area (Å²) in [6.07, 6.45) is -0.106. The Balaban J connectivity index is 2.11. The van der Waals surface area contributed by atoms with Gasteiger partial charge < -0.3 is 15.2 Å². The smallest absolute Gasteiger partial charge is 0.328 e. The molecule has 1 heterocycles. The van der Waals surface area contributed by atoms with E-state index < -0.39 is 24.0 Å². The Morgan fingerprint density at radius 1 is 1.56 bits per heavy atom. The van der Waals surface area contributed by atoms with Crippen LogP contribution in [-0.2, 0) is 20.7 Å². The molecule has 2 unspecified atom stereocenters. The van der Waals surface area contributed by atoms with E-state index in [1.54, 1.807) is 0 Å². The third kappa shape index (κ3) is 3.08. The molecule has 0 spiro atoms. The van der Waals surface area contributed by atoms with Crippen molar-refractivity contribution >= 4 is 27.8 Å². The number of morpholine rings is 1. The molecule has 0 radical (unpaired) electrons. The minimum atomic E-state index is -1.08. The number of hydrogen-bond donors (Lipinski definition) is 2. The molecule has 6 heteroatoms. The molecule has 1 aromatic carbocycles. The molecule has 1 amide bonds. The fraction of sp³-hybridized carbons (Fsp3) is 0.333. The van der Waals surface area contributed by atoms with E-state index in [1.165, 1.54) is 0 Å². The number of carboxylic acids is 1. The molecule has 96 valence electrons. The number of hydrogen-bond acceptors (Lipinski definition) is 3. The van der Waals surface area contributed by atoms with Crippen molar-refractivity contribution in [3.63, 3.8) is 0 Å². The van der Waals surface area contributed by atoms with Gasteiger partial charge in [0.05, 0.1) is 6.10 Å².